The maximum atomic E-state index is 12.2. The molecule has 0 bridgehead atoms. The summed E-state index contributed by atoms with van der Waals surface area (Å²) >= 11 is 3.43. The molecule has 0 radical (unpaired) electrons. The molecule has 1 atom stereocenters. The highest BCUT2D eigenvalue weighted by molar-refractivity contribution is 9.10. The van der Waals surface area contributed by atoms with Gasteiger partial charge in [-0.05, 0) is 46.5 Å². The lowest BCUT2D eigenvalue weighted by Gasteiger charge is -2.13. The molecule has 0 aliphatic carbocycles. The number of aromatic nitrogens is 3. The Labute approximate surface area is 126 Å². The Morgan fingerprint density at radius 3 is 2.50 bits per heavy atom. The zero-order valence-electron chi connectivity index (χ0n) is 11.6. The summed E-state index contributed by atoms with van der Waals surface area (Å²) < 4.78 is 0.729. The smallest absolute Gasteiger partial charge is 0.273 e. The number of amides is 1. The third-order valence-corrected chi connectivity index (χ3v) is 3.88. The van der Waals surface area contributed by atoms with E-state index in [4.69, 9.17) is 0 Å². The molecule has 1 amide bonds. The van der Waals surface area contributed by atoms with Crippen LogP contribution >= 0.6 is 15.9 Å². The highest BCUT2D eigenvalue weighted by Gasteiger charge is 2.20. The lowest BCUT2D eigenvalue weighted by molar-refractivity contribution is 0.0934. The van der Waals surface area contributed by atoms with Crippen LogP contribution in [0.4, 0.5) is 0 Å². The minimum atomic E-state index is -0.204. The van der Waals surface area contributed by atoms with Gasteiger partial charge in [0.25, 0.3) is 5.91 Å². The third kappa shape index (κ3) is 3.07. The molecule has 0 aliphatic heterocycles. The molecule has 0 spiro atoms. The summed E-state index contributed by atoms with van der Waals surface area (Å²) in [7, 11) is 0. The monoisotopic (exact) mass is 336 g/mol. The number of nitrogens with zero attached hydrogens (tertiary/aromatic N) is 2. The van der Waals surface area contributed by atoms with E-state index in [1.54, 1.807) is 12.4 Å². The van der Waals surface area contributed by atoms with Crippen molar-refractivity contribution in [1.29, 1.82) is 0 Å². The van der Waals surface area contributed by atoms with Crippen LogP contribution in [0.25, 0.3) is 0 Å². The number of nitrogens with one attached hydrogen (secondary N) is 2. The summed E-state index contributed by atoms with van der Waals surface area (Å²) in [5.74, 6) is 0.0698. The number of hydrogen-bond donors (Lipinski definition) is 2. The molecule has 20 heavy (non-hydrogen) atoms. The fourth-order valence-corrected chi connectivity index (χ4v) is 2.69. The van der Waals surface area contributed by atoms with Gasteiger partial charge in [-0.2, -0.15) is 5.10 Å². The van der Waals surface area contributed by atoms with E-state index in [2.05, 4.69) is 36.4 Å². The molecule has 2 aromatic heterocycles. The molecular weight excluding hydrogens is 320 g/mol. The molecule has 2 heterocycles. The van der Waals surface area contributed by atoms with Crippen LogP contribution in [0.3, 0.4) is 0 Å². The van der Waals surface area contributed by atoms with Crippen molar-refractivity contribution in [3.63, 3.8) is 0 Å². The Morgan fingerprint density at radius 2 is 1.95 bits per heavy atom. The van der Waals surface area contributed by atoms with Crippen LogP contribution in [0, 0.1) is 0 Å². The molecule has 0 aromatic carbocycles. The van der Waals surface area contributed by atoms with Crippen molar-refractivity contribution in [2.45, 2.75) is 32.7 Å². The normalized spacial score (nSPS) is 12.4. The predicted molar refractivity (Wildman–Crippen MR) is 80.5 cm³/mol. The molecule has 0 fully saturated rings. The van der Waals surface area contributed by atoms with Crippen LogP contribution in [0.1, 0.15) is 54.5 Å². The van der Waals surface area contributed by atoms with E-state index < -0.39 is 0 Å². The van der Waals surface area contributed by atoms with Gasteiger partial charge in [-0.15, -0.1) is 0 Å². The van der Waals surface area contributed by atoms with Crippen LogP contribution in [0.15, 0.2) is 29.0 Å². The summed E-state index contributed by atoms with van der Waals surface area (Å²) in [6.45, 7) is 6.01. The average molecular weight is 337 g/mol. The lowest BCUT2D eigenvalue weighted by atomic mass is 10.1. The number of carbonyl (C=O) groups is 1. The standard InChI is InChI=1S/C14H17BrN4O/c1-8(2)12-11(15)13(19-18-12)14(20)17-9(3)10-4-6-16-7-5-10/h4-9H,1-3H3,(H,17,20)(H,18,19)/t9-/m1/s1. The van der Waals surface area contributed by atoms with Gasteiger partial charge in [0.1, 0.15) is 0 Å². The number of H-pyrrole nitrogens is 1. The lowest BCUT2D eigenvalue weighted by Crippen LogP contribution is -2.27. The molecule has 0 unspecified atom stereocenters. The van der Waals surface area contributed by atoms with Gasteiger partial charge in [0, 0.05) is 12.4 Å². The maximum absolute atomic E-state index is 12.2. The van der Waals surface area contributed by atoms with E-state index in [1.807, 2.05) is 32.9 Å². The van der Waals surface area contributed by atoms with Crippen LogP contribution in [-0.2, 0) is 0 Å². The second-order valence-corrected chi connectivity index (χ2v) is 5.72. The molecule has 0 saturated heterocycles. The Bertz CT molecular complexity index is 594. The van der Waals surface area contributed by atoms with Crippen LogP contribution in [0.5, 0.6) is 0 Å². The van der Waals surface area contributed by atoms with E-state index in [9.17, 15) is 4.79 Å². The first-order valence-electron chi connectivity index (χ1n) is 6.45. The molecule has 2 aromatic rings. The summed E-state index contributed by atoms with van der Waals surface area (Å²) in [6.07, 6.45) is 3.42. The van der Waals surface area contributed by atoms with Gasteiger partial charge in [-0.25, -0.2) is 0 Å². The fraction of sp³-hybridized carbons (Fsp3) is 0.357. The first-order chi connectivity index (χ1) is 9.50. The molecule has 0 saturated carbocycles. The molecular formula is C14H17BrN4O. The van der Waals surface area contributed by atoms with Crippen LogP contribution in [-0.4, -0.2) is 21.1 Å². The zero-order chi connectivity index (χ0) is 14.7. The van der Waals surface area contributed by atoms with Gasteiger partial charge in [0.15, 0.2) is 5.69 Å². The van der Waals surface area contributed by atoms with Gasteiger partial charge in [0.05, 0.1) is 16.2 Å². The van der Waals surface area contributed by atoms with Crippen molar-refractivity contribution < 1.29 is 4.79 Å². The van der Waals surface area contributed by atoms with Crippen molar-refractivity contribution in [1.82, 2.24) is 20.5 Å². The van der Waals surface area contributed by atoms with Crippen LogP contribution in [0.2, 0.25) is 0 Å². The molecule has 6 heteroatoms. The highest BCUT2D eigenvalue weighted by atomic mass is 79.9. The van der Waals surface area contributed by atoms with E-state index in [1.165, 1.54) is 0 Å². The summed E-state index contributed by atoms with van der Waals surface area (Å²) in [5.41, 5.74) is 2.31. The SMILES string of the molecule is CC(C)c1[nH]nc(C(=O)N[C@H](C)c2ccncc2)c1Br. The number of hydrogen-bond acceptors (Lipinski definition) is 3. The van der Waals surface area contributed by atoms with Gasteiger partial charge in [-0.3, -0.25) is 14.9 Å². The Morgan fingerprint density at radius 1 is 1.30 bits per heavy atom. The highest BCUT2D eigenvalue weighted by Crippen LogP contribution is 2.25. The second-order valence-electron chi connectivity index (χ2n) is 4.93. The van der Waals surface area contributed by atoms with Gasteiger partial charge in [-0.1, -0.05) is 13.8 Å². The summed E-state index contributed by atoms with van der Waals surface area (Å²) in [4.78, 5) is 16.2. The van der Waals surface area contributed by atoms with Crippen molar-refractivity contribution in [3.8, 4) is 0 Å². The Balaban J connectivity index is 2.13. The third-order valence-electron chi connectivity index (χ3n) is 3.08. The van der Waals surface area contributed by atoms with Gasteiger partial charge < -0.3 is 5.32 Å². The maximum Gasteiger partial charge on any atom is 0.273 e. The number of carbonyl (C=O) groups excluding carboxylic acids is 1. The molecule has 5 nitrogen and oxygen atoms in total. The van der Waals surface area contributed by atoms with Crippen molar-refractivity contribution in [2.24, 2.45) is 0 Å². The van der Waals surface area contributed by atoms with E-state index in [0.717, 1.165) is 15.7 Å². The van der Waals surface area contributed by atoms with Crippen molar-refractivity contribution in [3.05, 3.63) is 46.0 Å². The molecule has 106 valence electrons. The first kappa shape index (κ1) is 14.7. The summed E-state index contributed by atoms with van der Waals surface area (Å²) in [5, 5.41) is 9.91. The van der Waals surface area contributed by atoms with E-state index in [-0.39, 0.29) is 17.9 Å². The first-order valence-corrected chi connectivity index (χ1v) is 7.24. The minimum absolute atomic E-state index is 0.100. The quantitative estimate of drug-likeness (QED) is 0.900. The Kier molecular flexibility index (Phi) is 4.54. The molecule has 0 aliphatic rings. The van der Waals surface area contributed by atoms with Crippen molar-refractivity contribution >= 4 is 21.8 Å². The average Bonchev–Trinajstić information content (AvgIpc) is 2.81. The van der Waals surface area contributed by atoms with Crippen molar-refractivity contribution in [2.75, 3.05) is 0 Å². The number of pyridine rings is 1. The number of rotatable bonds is 4. The fourth-order valence-electron chi connectivity index (χ4n) is 1.88. The van der Waals surface area contributed by atoms with E-state index >= 15 is 0 Å². The van der Waals surface area contributed by atoms with Gasteiger partial charge in [0.2, 0.25) is 0 Å². The van der Waals surface area contributed by atoms with Gasteiger partial charge >= 0.3 is 0 Å². The zero-order valence-corrected chi connectivity index (χ0v) is 13.2. The minimum Gasteiger partial charge on any atom is -0.344 e. The largest absolute Gasteiger partial charge is 0.344 e. The second kappa shape index (κ2) is 6.17. The number of halogens is 1. The Hall–Kier alpha value is -1.69. The molecule has 2 N–H and O–H groups in total. The topological polar surface area (TPSA) is 70.7 Å². The predicted octanol–water partition coefficient (Wildman–Crippen LogP) is 3.18. The summed E-state index contributed by atoms with van der Waals surface area (Å²) in [6, 6.07) is 3.66. The number of aromatic amines is 1. The molecule has 2 rings (SSSR count). The van der Waals surface area contributed by atoms with E-state index in [0.29, 0.717) is 5.69 Å². The van der Waals surface area contributed by atoms with Crippen LogP contribution < -0.4 is 5.32 Å².